The van der Waals surface area contributed by atoms with Crippen molar-refractivity contribution < 1.29 is 13.2 Å². The summed E-state index contributed by atoms with van der Waals surface area (Å²) in [6.07, 6.45) is 2.76. The van der Waals surface area contributed by atoms with Gasteiger partial charge in [0.2, 0.25) is 5.91 Å². The van der Waals surface area contributed by atoms with Crippen LogP contribution in [0.2, 0.25) is 0 Å². The summed E-state index contributed by atoms with van der Waals surface area (Å²) in [4.78, 5) is 13.3. The quantitative estimate of drug-likeness (QED) is 0.738. The third-order valence-corrected chi connectivity index (χ3v) is 3.83. The summed E-state index contributed by atoms with van der Waals surface area (Å²) in [5, 5.41) is 0. The number of carbonyl (C=O) groups is 1. The van der Waals surface area contributed by atoms with Gasteiger partial charge < -0.3 is 10.6 Å². The molecule has 6 heteroatoms. The van der Waals surface area contributed by atoms with Crippen molar-refractivity contribution in [3.63, 3.8) is 0 Å². The molecule has 0 radical (unpaired) electrons. The Morgan fingerprint density at radius 2 is 2.12 bits per heavy atom. The number of rotatable bonds is 3. The second kappa shape index (κ2) is 5.14. The molecule has 0 aromatic rings. The fourth-order valence-corrected chi connectivity index (χ4v) is 2.66. The van der Waals surface area contributed by atoms with Crippen molar-refractivity contribution in [2.24, 2.45) is 11.7 Å². The van der Waals surface area contributed by atoms with E-state index in [0.29, 0.717) is 13.1 Å². The minimum Gasteiger partial charge on any atom is -0.341 e. The van der Waals surface area contributed by atoms with E-state index in [2.05, 4.69) is 0 Å². The molecule has 1 aliphatic heterocycles. The standard InChI is InChI=1S/C10H20N2O3S/c1-3-8-6-12(5-4-9(8)11)10(13)7-16(2,14)15/h8-9H,3-7,11H2,1-2H3. The molecule has 94 valence electrons. The van der Waals surface area contributed by atoms with Crippen molar-refractivity contribution >= 4 is 15.7 Å². The number of hydrogen-bond acceptors (Lipinski definition) is 4. The molecule has 1 fully saturated rings. The smallest absolute Gasteiger partial charge is 0.237 e. The van der Waals surface area contributed by atoms with Gasteiger partial charge in [0, 0.05) is 25.4 Å². The Morgan fingerprint density at radius 3 is 2.62 bits per heavy atom. The van der Waals surface area contributed by atoms with E-state index in [0.717, 1.165) is 19.1 Å². The lowest BCUT2D eigenvalue weighted by molar-refractivity contribution is -0.130. The van der Waals surface area contributed by atoms with Gasteiger partial charge in [-0.1, -0.05) is 13.3 Å². The number of likely N-dealkylation sites (tertiary alicyclic amines) is 1. The highest BCUT2D eigenvalue weighted by Crippen LogP contribution is 2.18. The van der Waals surface area contributed by atoms with Crippen LogP contribution < -0.4 is 5.73 Å². The molecule has 0 aromatic carbocycles. The summed E-state index contributed by atoms with van der Waals surface area (Å²) >= 11 is 0. The van der Waals surface area contributed by atoms with Gasteiger partial charge in [-0.15, -0.1) is 0 Å². The maximum absolute atomic E-state index is 11.7. The fourth-order valence-electron chi connectivity index (χ4n) is 2.02. The van der Waals surface area contributed by atoms with Gasteiger partial charge in [0.15, 0.2) is 9.84 Å². The third kappa shape index (κ3) is 3.75. The van der Waals surface area contributed by atoms with Crippen molar-refractivity contribution in [3.8, 4) is 0 Å². The van der Waals surface area contributed by atoms with Crippen LogP contribution in [0.25, 0.3) is 0 Å². The van der Waals surface area contributed by atoms with Gasteiger partial charge in [0.1, 0.15) is 5.75 Å². The van der Waals surface area contributed by atoms with Crippen LogP contribution in [0.4, 0.5) is 0 Å². The predicted molar refractivity (Wildman–Crippen MR) is 62.7 cm³/mol. The largest absolute Gasteiger partial charge is 0.341 e. The summed E-state index contributed by atoms with van der Waals surface area (Å²) in [7, 11) is -3.23. The average Bonchev–Trinajstić information content (AvgIpc) is 2.15. The first kappa shape index (κ1) is 13.4. The normalized spacial score (nSPS) is 26.8. The molecular formula is C10H20N2O3S. The van der Waals surface area contributed by atoms with Crippen molar-refractivity contribution in [2.75, 3.05) is 25.1 Å². The van der Waals surface area contributed by atoms with Gasteiger partial charge in [0.25, 0.3) is 0 Å². The zero-order valence-corrected chi connectivity index (χ0v) is 10.7. The molecule has 2 atom stereocenters. The minimum absolute atomic E-state index is 0.132. The summed E-state index contributed by atoms with van der Waals surface area (Å²) in [6.45, 7) is 3.20. The molecule has 16 heavy (non-hydrogen) atoms. The molecule has 1 saturated heterocycles. The lowest BCUT2D eigenvalue weighted by Gasteiger charge is -2.36. The molecule has 0 aromatic heterocycles. The summed E-state index contributed by atoms with van der Waals surface area (Å²) < 4.78 is 22.1. The zero-order chi connectivity index (χ0) is 12.3. The highest BCUT2D eigenvalue weighted by atomic mass is 32.2. The van der Waals surface area contributed by atoms with E-state index in [-0.39, 0.29) is 17.9 Å². The molecule has 5 nitrogen and oxygen atoms in total. The zero-order valence-electron chi connectivity index (χ0n) is 9.85. The van der Waals surface area contributed by atoms with Crippen LogP contribution in [0.15, 0.2) is 0 Å². The monoisotopic (exact) mass is 248 g/mol. The van der Waals surface area contributed by atoms with Crippen LogP contribution >= 0.6 is 0 Å². The van der Waals surface area contributed by atoms with Gasteiger partial charge in [-0.25, -0.2) is 8.42 Å². The Morgan fingerprint density at radius 1 is 1.50 bits per heavy atom. The molecule has 1 heterocycles. The van der Waals surface area contributed by atoms with E-state index in [1.54, 1.807) is 4.90 Å². The first-order chi connectivity index (χ1) is 7.33. The van der Waals surface area contributed by atoms with E-state index in [1.807, 2.05) is 6.92 Å². The average molecular weight is 248 g/mol. The summed E-state index contributed by atoms with van der Waals surface area (Å²) in [5.74, 6) is -0.399. The summed E-state index contributed by atoms with van der Waals surface area (Å²) in [6, 6.07) is 0.132. The van der Waals surface area contributed by atoms with Crippen LogP contribution in [0.1, 0.15) is 19.8 Å². The van der Waals surface area contributed by atoms with Crippen molar-refractivity contribution in [1.82, 2.24) is 4.90 Å². The van der Waals surface area contributed by atoms with Crippen LogP contribution in [0.5, 0.6) is 0 Å². The highest BCUT2D eigenvalue weighted by Gasteiger charge is 2.29. The molecule has 0 aliphatic carbocycles. The number of hydrogen-bond donors (Lipinski definition) is 1. The lowest BCUT2D eigenvalue weighted by Crippen LogP contribution is -2.50. The molecule has 1 amide bonds. The minimum atomic E-state index is -3.23. The Bertz CT molecular complexity index is 353. The Kier molecular flexibility index (Phi) is 4.32. The van der Waals surface area contributed by atoms with Gasteiger partial charge in [-0.05, 0) is 12.3 Å². The Hall–Kier alpha value is -0.620. The van der Waals surface area contributed by atoms with Gasteiger partial charge in [0.05, 0.1) is 0 Å². The molecule has 2 unspecified atom stereocenters. The van der Waals surface area contributed by atoms with Crippen molar-refractivity contribution in [3.05, 3.63) is 0 Å². The number of nitrogens with two attached hydrogens (primary N) is 1. The third-order valence-electron chi connectivity index (χ3n) is 3.06. The first-order valence-corrected chi connectivity index (χ1v) is 7.60. The van der Waals surface area contributed by atoms with E-state index >= 15 is 0 Å². The molecule has 0 spiro atoms. The number of nitrogens with zero attached hydrogens (tertiary/aromatic N) is 1. The highest BCUT2D eigenvalue weighted by molar-refractivity contribution is 7.91. The number of sulfone groups is 1. The molecule has 2 N–H and O–H groups in total. The van der Waals surface area contributed by atoms with Crippen molar-refractivity contribution in [1.29, 1.82) is 0 Å². The van der Waals surface area contributed by atoms with Crippen LogP contribution in [0.3, 0.4) is 0 Å². The molecule has 0 bridgehead atoms. The fraction of sp³-hybridized carbons (Fsp3) is 0.900. The predicted octanol–water partition coefficient (Wildman–Crippen LogP) is -0.383. The molecule has 1 aliphatic rings. The second-order valence-corrected chi connectivity index (χ2v) is 6.67. The maximum Gasteiger partial charge on any atom is 0.237 e. The lowest BCUT2D eigenvalue weighted by atomic mass is 9.91. The SMILES string of the molecule is CCC1CN(C(=O)CS(C)(=O)=O)CCC1N. The maximum atomic E-state index is 11.7. The first-order valence-electron chi connectivity index (χ1n) is 5.54. The van der Waals surface area contributed by atoms with Crippen LogP contribution in [-0.2, 0) is 14.6 Å². The Balaban J connectivity index is 2.59. The number of piperidine rings is 1. The van der Waals surface area contributed by atoms with Crippen LogP contribution in [-0.4, -0.2) is 50.4 Å². The molecule has 1 rings (SSSR count). The van der Waals surface area contributed by atoms with E-state index < -0.39 is 15.6 Å². The summed E-state index contributed by atoms with van der Waals surface area (Å²) in [5.41, 5.74) is 5.92. The molecule has 0 saturated carbocycles. The van der Waals surface area contributed by atoms with E-state index in [1.165, 1.54) is 0 Å². The second-order valence-electron chi connectivity index (χ2n) is 4.53. The molecular weight excluding hydrogens is 228 g/mol. The van der Waals surface area contributed by atoms with E-state index in [9.17, 15) is 13.2 Å². The Labute approximate surface area is 96.9 Å². The van der Waals surface area contributed by atoms with Crippen molar-refractivity contribution in [2.45, 2.75) is 25.8 Å². The number of carbonyl (C=O) groups excluding carboxylic acids is 1. The number of amides is 1. The van der Waals surface area contributed by atoms with Gasteiger partial charge in [-0.2, -0.15) is 0 Å². The van der Waals surface area contributed by atoms with Gasteiger partial charge in [-0.3, -0.25) is 4.79 Å². The van der Waals surface area contributed by atoms with Crippen LogP contribution in [0, 0.1) is 5.92 Å². The van der Waals surface area contributed by atoms with E-state index in [4.69, 9.17) is 5.73 Å². The topological polar surface area (TPSA) is 80.5 Å². The van der Waals surface area contributed by atoms with Gasteiger partial charge >= 0.3 is 0 Å².